The Hall–Kier alpha value is -3.93. The maximum Gasteiger partial charge on any atom is 0.328 e. The number of carbonyl (C=O) groups is 2. The second kappa shape index (κ2) is 10.1. The van der Waals surface area contributed by atoms with E-state index in [-0.39, 0.29) is 0 Å². The largest absolute Gasteiger partial charge is 0.478 e. The summed E-state index contributed by atoms with van der Waals surface area (Å²) >= 11 is 0. The number of aromatic nitrogens is 2. The van der Waals surface area contributed by atoms with Crippen LogP contribution in [0.3, 0.4) is 0 Å². The molecule has 4 N–H and O–H groups in total. The van der Waals surface area contributed by atoms with Gasteiger partial charge in [0, 0.05) is 49.0 Å². The molecule has 0 spiro atoms. The standard InChI is InChI=1S/C17H19N5O2S.C4H4O4/c1-25(23,24)21-15-4-2-12(3-5-15)16-6-7-17(20-19-16)22-10-13-8-18-9-14(13)11-22;5-3(6)1-2-4(7)8/h2-8,14,18,21H,9-11H2,1H3;1-2H,(H,5,6)(H,7,8). The zero-order valence-electron chi connectivity index (χ0n) is 17.7. The first-order chi connectivity index (χ1) is 15.6. The molecule has 1 atom stereocenters. The minimum absolute atomic E-state index is 0.529. The van der Waals surface area contributed by atoms with E-state index in [1.54, 1.807) is 12.1 Å². The molecule has 2 aliphatic rings. The van der Waals surface area contributed by atoms with Crippen LogP contribution >= 0.6 is 0 Å². The summed E-state index contributed by atoms with van der Waals surface area (Å²) in [5.41, 5.74) is 3.61. The first-order valence-corrected chi connectivity index (χ1v) is 11.7. The molecule has 1 fully saturated rings. The third kappa shape index (κ3) is 7.04. The van der Waals surface area contributed by atoms with Gasteiger partial charge in [0.05, 0.1) is 11.9 Å². The van der Waals surface area contributed by atoms with Gasteiger partial charge in [-0.15, -0.1) is 10.2 Å². The third-order valence-electron chi connectivity index (χ3n) is 4.82. The van der Waals surface area contributed by atoms with Crippen LogP contribution in [0.1, 0.15) is 0 Å². The van der Waals surface area contributed by atoms with Crippen molar-refractivity contribution in [2.24, 2.45) is 5.92 Å². The van der Waals surface area contributed by atoms with E-state index in [4.69, 9.17) is 10.2 Å². The first-order valence-electron chi connectivity index (χ1n) is 9.84. The molecule has 0 radical (unpaired) electrons. The molecule has 174 valence electrons. The van der Waals surface area contributed by atoms with Crippen molar-refractivity contribution in [3.05, 3.63) is 60.3 Å². The number of aliphatic carboxylic acids is 2. The summed E-state index contributed by atoms with van der Waals surface area (Å²) < 4.78 is 24.9. The highest BCUT2D eigenvalue weighted by atomic mass is 32.2. The Kier molecular flexibility index (Phi) is 7.28. The number of hydrogen-bond donors (Lipinski definition) is 4. The number of nitrogens with zero attached hydrogens (tertiary/aromatic N) is 3. The lowest BCUT2D eigenvalue weighted by Gasteiger charge is -2.16. The van der Waals surface area contributed by atoms with E-state index < -0.39 is 22.0 Å². The van der Waals surface area contributed by atoms with Crippen molar-refractivity contribution in [2.45, 2.75) is 0 Å². The molecule has 0 amide bonds. The second-order valence-corrected chi connectivity index (χ2v) is 9.19. The molecule has 1 aromatic heterocycles. The van der Waals surface area contributed by atoms with E-state index in [9.17, 15) is 18.0 Å². The number of benzene rings is 1. The molecule has 1 saturated heterocycles. The predicted molar refractivity (Wildman–Crippen MR) is 122 cm³/mol. The molecule has 33 heavy (non-hydrogen) atoms. The molecule has 2 aromatic rings. The summed E-state index contributed by atoms with van der Waals surface area (Å²) in [6.07, 6.45) is 4.35. The van der Waals surface area contributed by atoms with E-state index in [0.29, 0.717) is 23.8 Å². The fraction of sp³-hybridized carbons (Fsp3) is 0.238. The van der Waals surface area contributed by atoms with Crippen molar-refractivity contribution >= 4 is 33.5 Å². The number of nitrogens with one attached hydrogen (secondary N) is 2. The lowest BCUT2D eigenvalue weighted by Crippen LogP contribution is -2.24. The monoisotopic (exact) mass is 473 g/mol. The lowest BCUT2D eigenvalue weighted by atomic mass is 10.1. The minimum atomic E-state index is -3.27. The molecule has 4 rings (SSSR count). The van der Waals surface area contributed by atoms with Gasteiger partial charge < -0.3 is 20.4 Å². The van der Waals surface area contributed by atoms with Crippen LogP contribution in [0.2, 0.25) is 0 Å². The van der Waals surface area contributed by atoms with Crippen molar-refractivity contribution in [3.8, 4) is 11.3 Å². The Morgan fingerprint density at radius 3 is 2.27 bits per heavy atom. The van der Waals surface area contributed by atoms with E-state index >= 15 is 0 Å². The highest BCUT2D eigenvalue weighted by Crippen LogP contribution is 2.29. The molecule has 0 saturated carbocycles. The summed E-state index contributed by atoms with van der Waals surface area (Å²) in [4.78, 5) is 21.4. The number of sulfonamides is 1. The molecule has 1 unspecified atom stereocenters. The van der Waals surface area contributed by atoms with Gasteiger partial charge in [-0.1, -0.05) is 12.1 Å². The van der Waals surface area contributed by atoms with Crippen molar-refractivity contribution < 1.29 is 28.2 Å². The van der Waals surface area contributed by atoms with Gasteiger partial charge in [-0.3, -0.25) is 4.72 Å². The SMILES string of the molecule is CS(=O)(=O)Nc1ccc(-c2ccc(N3CC4=CNCC4C3)nn2)cc1.O=C(O)C=CC(=O)O. The Balaban J connectivity index is 0.000000331. The first kappa shape index (κ1) is 23.7. The van der Waals surface area contributed by atoms with Crippen molar-refractivity contribution in [3.63, 3.8) is 0 Å². The van der Waals surface area contributed by atoms with E-state index in [0.717, 1.165) is 43.0 Å². The Labute approximate surface area is 190 Å². The van der Waals surface area contributed by atoms with Gasteiger partial charge in [0.2, 0.25) is 10.0 Å². The molecular weight excluding hydrogens is 450 g/mol. The predicted octanol–water partition coefficient (Wildman–Crippen LogP) is 1.15. The number of fused-ring (bicyclic) bond motifs is 1. The molecule has 1 aromatic carbocycles. The maximum atomic E-state index is 11.2. The van der Waals surface area contributed by atoms with Crippen LogP contribution < -0.4 is 14.9 Å². The van der Waals surface area contributed by atoms with E-state index in [2.05, 4.69) is 31.3 Å². The van der Waals surface area contributed by atoms with E-state index in [1.807, 2.05) is 24.3 Å². The van der Waals surface area contributed by atoms with Gasteiger partial charge in [0.1, 0.15) is 0 Å². The smallest absolute Gasteiger partial charge is 0.328 e. The number of anilines is 2. The number of carboxylic acid groups (broad SMARTS) is 2. The third-order valence-corrected chi connectivity index (χ3v) is 5.42. The number of hydrogen-bond acceptors (Lipinski definition) is 8. The fourth-order valence-electron chi connectivity index (χ4n) is 3.38. The Morgan fingerprint density at radius 2 is 1.76 bits per heavy atom. The van der Waals surface area contributed by atoms with E-state index in [1.165, 1.54) is 5.57 Å². The minimum Gasteiger partial charge on any atom is -0.478 e. The summed E-state index contributed by atoms with van der Waals surface area (Å²) in [6, 6.07) is 11.0. The van der Waals surface area contributed by atoms with Crippen LogP contribution in [0, 0.1) is 5.92 Å². The number of rotatable bonds is 6. The van der Waals surface area contributed by atoms with Gasteiger partial charge in [-0.2, -0.15) is 0 Å². The Morgan fingerprint density at radius 1 is 1.09 bits per heavy atom. The fourth-order valence-corrected chi connectivity index (χ4v) is 3.94. The Bertz CT molecular complexity index is 1160. The highest BCUT2D eigenvalue weighted by Gasteiger charge is 2.30. The average molecular weight is 474 g/mol. The topological polar surface area (TPSA) is 162 Å². The summed E-state index contributed by atoms with van der Waals surface area (Å²) in [5.74, 6) is -1.05. The second-order valence-electron chi connectivity index (χ2n) is 7.44. The lowest BCUT2D eigenvalue weighted by molar-refractivity contribution is -0.134. The molecule has 0 aliphatic carbocycles. The van der Waals surface area contributed by atoms with Crippen LogP contribution in [0.4, 0.5) is 11.5 Å². The molecule has 3 heterocycles. The van der Waals surface area contributed by atoms with Crippen LogP contribution in [-0.4, -0.2) is 66.7 Å². The molecule has 2 aliphatic heterocycles. The zero-order chi connectivity index (χ0) is 24.0. The van der Waals surface area contributed by atoms with Crippen LogP contribution in [0.5, 0.6) is 0 Å². The van der Waals surface area contributed by atoms with Crippen LogP contribution in [-0.2, 0) is 19.6 Å². The van der Waals surface area contributed by atoms with Gasteiger partial charge >= 0.3 is 11.9 Å². The molecule has 11 nitrogen and oxygen atoms in total. The van der Waals surface area contributed by atoms with Gasteiger partial charge in [-0.05, 0) is 36.0 Å². The van der Waals surface area contributed by atoms with Crippen LogP contribution in [0.15, 0.2) is 60.3 Å². The van der Waals surface area contributed by atoms with Crippen molar-refractivity contribution in [1.29, 1.82) is 0 Å². The normalized spacial score (nSPS) is 16.9. The average Bonchev–Trinajstić information content (AvgIpc) is 3.35. The quantitative estimate of drug-likeness (QED) is 0.448. The molecule has 12 heteroatoms. The summed E-state index contributed by atoms with van der Waals surface area (Å²) in [5, 5.41) is 27.6. The molecular formula is C21H23N5O6S. The van der Waals surface area contributed by atoms with Crippen LogP contribution in [0.25, 0.3) is 11.3 Å². The van der Waals surface area contributed by atoms with Gasteiger partial charge in [-0.25, -0.2) is 18.0 Å². The zero-order valence-corrected chi connectivity index (χ0v) is 18.5. The highest BCUT2D eigenvalue weighted by molar-refractivity contribution is 7.92. The number of carboxylic acids is 2. The summed E-state index contributed by atoms with van der Waals surface area (Å²) in [7, 11) is -3.27. The van der Waals surface area contributed by atoms with Crippen molar-refractivity contribution in [2.75, 3.05) is 35.5 Å². The molecule has 0 bridgehead atoms. The van der Waals surface area contributed by atoms with Gasteiger partial charge in [0.15, 0.2) is 5.82 Å². The van der Waals surface area contributed by atoms with Gasteiger partial charge in [0.25, 0.3) is 0 Å². The maximum absolute atomic E-state index is 11.2. The summed E-state index contributed by atoms with van der Waals surface area (Å²) in [6.45, 7) is 2.88. The van der Waals surface area contributed by atoms with Crippen molar-refractivity contribution in [1.82, 2.24) is 15.5 Å².